The Labute approximate surface area is 163 Å². The van der Waals surface area contributed by atoms with E-state index in [1.54, 1.807) is 18.5 Å². The Bertz CT molecular complexity index is 910. The van der Waals surface area contributed by atoms with E-state index in [-0.39, 0.29) is 30.4 Å². The van der Waals surface area contributed by atoms with E-state index in [1.165, 1.54) is 15.8 Å². The Hall–Kier alpha value is -2.97. The molecule has 1 saturated heterocycles. The zero-order chi connectivity index (χ0) is 19.5. The van der Waals surface area contributed by atoms with Crippen molar-refractivity contribution in [1.82, 2.24) is 20.8 Å². The first-order valence-electron chi connectivity index (χ1n) is 9.30. The Kier molecular flexibility index (Phi) is 5.23. The minimum absolute atomic E-state index is 0.00183. The molecule has 2 aliphatic rings. The van der Waals surface area contributed by atoms with Crippen LogP contribution in [0, 0.1) is 0 Å². The van der Waals surface area contributed by atoms with Gasteiger partial charge in [0.05, 0.1) is 12.6 Å². The van der Waals surface area contributed by atoms with E-state index in [4.69, 9.17) is 4.74 Å². The molecule has 8 heteroatoms. The lowest BCUT2D eigenvalue weighted by atomic mass is 9.96. The number of hydrogen-bond acceptors (Lipinski definition) is 6. The Morgan fingerprint density at radius 1 is 1.29 bits per heavy atom. The van der Waals surface area contributed by atoms with E-state index in [9.17, 15) is 9.59 Å². The van der Waals surface area contributed by atoms with Crippen LogP contribution in [0.4, 0.5) is 0 Å². The number of hydrazine groups is 1. The zero-order valence-electron chi connectivity index (χ0n) is 15.7. The highest BCUT2D eigenvalue weighted by Crippen LogP contribution is 2.33. The molecule has 0 saturated carbocycles. The molecule has 28 heavy (non-hydrogen) atoms. The first-order valence-corrected chi connectivity index (χ1v) is 9.30. The number of amides is 2. The highest BCUT2D eigenvalue weighted by Gasteiger charge is 2.41. The van der Waals surface area contributed by atoms with Crippen molar-refractivity contribution in [3.8, 4) is 0 Å². The average Bonchev–Trinajstić information content (AvgIpc) is 3.15. The van der Waals surface area contributed by atoms with Crippen LogP contribution in [-0.4, -0.2) is 61.0 Å². The molecule has 2 aromatic rings. The van der Waals surface area contributed by atoms with E-state index in [2.05, 4.69) is 40.1 Å². The van der Waals surface area contributed by atoms with Crippen molar-refractivity contribution in [2.45, 2.75) is 18.5 Å². The number of nitrogens with zero attached hydrogens (tertiary/aromatic N) is 3. The zero-order valence-corrected chi connectivity index (χ0v) is 15.7. The summed E-state index contributed by atoms with van der Waals surface area (Å²) in [5.74, 6) is -0.438. The molecule has 2 atom stereocenters. The molecule has 4 rings (SSSR count). The third-order valence-electron chi connectivity index (χ3n) is 5.08. The summed E-state index contributed by atoms with van der Waals surface area (Å²) in [4.78, 5) is 24.8. The summed E-state index contributed by atoms with van der Waals surface area (Å²) in [5, 5.41) is 12.2. The van der Waals surface area contributed by atoms with Gasteiger partial charge in [0.1, 0.15) is 18.9 Å². The monoisotopic (exact) mass is 381 g/mol. The van der Waals surface area contributed by atoms with Crippen LogP contribution >= 0.6 is 0 Å². The molecule has 0 bridgehead atoms. The molecule has 0 spiro atoms. The topological polar surface area (TPSA) is 86.3 Å². The summed E-state index contributed by atoms with van der Waals surface area (Å²) in [6.45, 7) is 0.736. The molecule has 0 radical (unpaired) electrons. The molecule has 8 nitrogen and oxygen atoms in total. The first-order chi connectivity index (χ1) is 13.7. The van der Waals surface area contributed by atoms with Crippen molar-refractivity contribution in [2.75, 3.05) is 26.8 Å². The average molecular weight is 381 g/mol. The second-order valence-corrected chi connectivity index (χ2v) is 6.88. The number of carbonyl (C=O) groups excluding carboxylic acids is 2. The van der Waals surface area contributed by atoms with Gasteiger partial charge in [-0.3, -0.25) is 14.6 Å². The van der Waals surface area contributed by atoms with E-state index < -0.39 is 0 Å². The van der Waals surface area contributed by atoms with Crippen LogP contribution in [0.5, 0.6) is 0 Å². The maximum atomic E-state index is 12.8. The van der Waals surface area contributed by atoms with Gasteiger partial charge in [0.25, 0.3) is 5.91 Å². The number of ether oxygens (including phenoxy) is 1. The van der Waals surface area contributed by atoms with Gasteiger partial charge in [-0.15, -0.1) is 0 Å². The Morgan fingerprint density at radius 2 is 2.11 bits per heavy atom. The quantitative estimate of drug-likeness (QED) is 0.730. The molecule has 2 heterocycles. The number of nitrogens with one attached hydrogen (secondary N) is 2. The predicted octanol–water partition coefficient (Wildman–Crippen LogP) is 1.01. The van der Waals surface area contributed by atoms with Crippen LogP contribution < -0.4 is 10.7 Å². The summed E-state index contributed by atoms with van der Waals surface area (Å²) in [6, 6.07) is 14.0. The number of rotatable bonds is 6. The van der Waals surface area contributed by atoms with Crippen LogP contribution in [-0.2, 0) is 14.3 Å². The first kappa shape index (κ1) is 18.4. The van der Waals surface area contributed by atoms with Gasteiger partial charge in [0.15, 0.2) is 0 Å². The summed E-state index contributed by atoms with van der Waals surface area (Å²) < 4.78 is 4.90. The summed E-state index contributed by atoms with van der Waals surface area (Å²) in [7, 11) is 1.57. The van der Waals surface area contributed by atoms with Gasteiger partial charge in [0, 0.05) is 13.7 Å². The van der Waals surface area contributed by atoms with Gasteiger partial charge >= 0.3 is 0 Å². The van der Waals surface area contributed by atoms with Gasteiger partial charge in [-0.05, 0) is 22.8 Å². The number of methoxy groups -OCH3 is 1. The van der Waals surface area contributed by atoms with Gasteiger partial charge in [0.2, 0.25) is 5.91 Å². The summed E-state index contributed by atoms with van der Waals surface area (Å²) >= 11 is 0. The number of fused-ring (bicyclic) bond motifs is 2. The van der Waals surface area contributed by atoms with Crippen molar-refractivity contribution >= 4 is 28.9 Å². The van der Waals surface area contributed by atoms with Crippen molar-refractivity contribution in [1.29, 1.82) is 0 Å². The standard InChI is InChI=1S/C20H23N5O3/c1-28-10-9-21-19(26)12-24-20(27)18-11-17(23-25(18)13-22-24)16-8-4-6-14-5-2-3-7-15(14)16/h2-8,13,17-18,23H,9-12H2,1H3,(H,21,26). The lowest BCUT2D eigenvalue weighted by Crippen LogP contribution is -2.52. The van der Waals surface area contributed by atoms with Gasteiger partial charge < -0.3 is 10.1 Å². The normalized spacial score (nSPS) is 21.2. The molecule has 2 aromatic carbocycles. The fourth-order valence-electron chi connectivity index (χ4n) is 3.69. The van der Waals surface area contributed by atoms with Crippen LogP contribution in [0.25, 0.3) is 10.8 Å². The fourth-order valence-corrected chi connectivity index (χ4v) is 3.69. The predicted molar refractivity (Wildman–Crippen MR) is 105 cm³/mol. The lowest BCUT2D eigenvalue weighted by Gasteiger charge is -2.29. The lowest BCUT2D eigenvalue weighted by molar-refractivity contribution is -0.140. The highest BCUT2D eigenvalue weighted by molar-refractivity contribution is 5.91. The molecular weight excluding hydrogens is 358 g/mol. The Morgan fingerprint density at radius 3 is 2.96 bits per heavy atom. The molecular formula is C20H23N5O3. The molecule has 0 aliphatic carbocycles. The molecule has 1 fully saturated rings. The van der Waals surface area contributed by atoms with Gasteiger partial charge in [-0.2, -0.15) is 5.10 Å². The molecule has 2 unspecified atom stereocenters. The van der Waals surface area contributed by atoms with E-state index >= 15 is 0 Å². The van der Waals surface area contributed by atoms with E-state index in [1.807, 2.05) is 18.2 Å². The Balaban J connectivity index is 1.46. The largest absolute Gasteiger partial charge is 0.383 e. The van der Waals surface area contributed by atoms with Crippen molar-refractivity contribution < 1.29 is 14.3 Å². The van der Waals surface area contributed by atoms with Crippen LogP contribution in [0.3, 0.4) is 0 Å². The fraction of sp³-hybridized carbons (Fsp3) is 0.350. The maximum Gasteiger partial charge on any atom is 0.267 e. The SMILES string of the molecule is COCCNC(=O)CN1N=CN2NC(c3cccc4ccccc34)CC2C1=O. The maximum absolute atomic E-state index is 12.8. The summed E-state index contributed by atoms with van der Waals surface area (Å²) in [6.07, 6.45) is 2.19. The minimum Gasteiger partial charge on any atom is -0.383 e. The second kappa shape index (κ2) is 7.95. The smallest absolute Gasteiger partial charge is 0.267 e. The highest BCUT2D eigenvalue weighted by atomic mass is 16.5. The van der Waals surface area contributed by atoms with Crippen LogP contribution in [0.15, 0.2) is 47.6 Å². The molecule has 2 amide bonds. The van der Waals surface area contributed by atoms with E-state index in [0.29, 0.717) is 19.6 Å². The second-order valence-electron chi connectivity index (χ2n) is 6.88. The minimum atomic E-state index is -0.381. The number of hydrazone groups is 1. The molecule has 2 N–H and O–H groups in total. The molecule has 146 valence electrons. The van der Waals surface area contributed by atoms with E-state index in [0.717, 1.165) is 5.56 Å². The third kappa shape index (κ3) is 3.56. The number of benzene rings is 2. The third-order valence-corrected chi connectivity index (χ3v) is 5.08. The van der Waals surface area contributed by atoms with Gasteiger partial charge in [-0.25, -0.2) is 10.4 Å². The number of hydrogen-bond donors (Lipinski definition) is 2. The number of carbonyl (C=O) groups is 2. The van der Waals surface area contributed by atoms with Crippen molar-refractivity contribution in [3.05, 3.63) is 48.0 Å². The van der Waals surface area contributed by atoms with Crippen molar-refractivity contribution in [2.24, 2.45) is 5.10 Å². The summed E-state index contributed by atoms with van der Waals surface area (Å²) in [5.41, 5.74) is 4.52. The van der Waals surface area contributed by atoms with Crippen molar-refractivity contribution in [3.63, 3.8) is 0 Å². The van der Waals surface area contributed by atoms with Crippen LogP contribution in [0.1, 0.15) is 18.0 Å². The molecule has 2 aliphatic heterocycles. The molecule has 0 aromatic heterocycles. The van der Waals surface area contributed by atoms with Gasteiger partial charge in [-0.1, -0.05) is 42.5 Å². The van der Waals surface area contributed by atoms with Crippen LogP contribution in [0.2, 0.25) is 0 Å².